The van der Waals surface area contributed by atoms with Gasteiger partial charge in [0.15, 0.2) is 0 Å². The maximum absolute atomic E-state index is 4.96. The molecule has 0 fully saturated rings. The Morgan fingerprint density at radius 2 is 1.14 bits per heavy atom. The van der Waals surface area contributed by atoms with Crippen molar-refractivity contribution < 1.29 is 0 Å². The van der Waals surface area contributed by atoms with Crippen LogP contribution >= 0.6 is 0 Å². The van der Waals surface area contributed by atoms with Crippen molar-refractivity contribution >= 4 is 32.8 Å². The average molecular weight is 286 g/mol. The van der Waals surface area contributed by atoms with E-state index in [-0.39, 0.29) is 0 Å². The quantitative estimate of drug-likeness (QED) is 0.463. The van der Waals surface area contributed by atoms with Crippen molar-refractivity contribution in [2.75, 3.05) is 0 Å². The highest BCUT2D eigenvalue weighted by Gasteiger charge is 2.17. The van der Waals surface area contributed by atoms with Crippen molar-refractivity contribution in [2.45, 2.75) is 25.7 Å². The number of aromatic nitrogens is 4. The van der Waals surface area contributed by atoms with E-state index in [9.17, 15) is 0 Å². The molecule has 4 nitrogen and oxygen atoms in total. The summed E-state index contributed by atoms with van der Waals surface area (Å²) in [4.78, 5) is 19.0. The predicted molar refractivity (Wildman–Crippen MR) is 86.8 cm³/mol. The fourth-order valence-corrected chi connectivity index (χ4v) is 3.44. The monoisotopic (exact) mass is 286 g/mol. The van der Waals surface area contributed by atoms with E-state index in [0.29, 0.717) is 0 Å². The number of rotatable bonds is 0. The van der Waals surface area contributed by atoms with Crippen LogP contribution in [0.3, 0.4) is 0 Å². The van der Waals surface area contributed by atoms with E-state index in [4.69, 9.17) is 9.97 Å². The summed E-state index contributed by atoms with van der Waals surface area (Å²) in [5.74, 6) is 0. The molecular formula is C18H14N4. The highest BCUT2D eigenvalue weighted by atomic mass is 14.9. The van der Waals surface area contributed by atoms with Gasteiger partial charge in [-0.05, 0) is 49.9 Å². The highest BCUT2D eigenvalue weighted by Crippen LogP contribution is 2.32. The van der Waals surface area contributed by atoms with Crippen LogP contribution in [0.15, 0.2) is 36.7 Å². The molecule has 0 spiro atoms. The van der Waals surface area contributed by atoms with Gasteiger partial charge in [-0.2, -0.15) is 0 Å². The number of pyridine rings is 2. The Hall–Kier alpha value is -2.62. The van der Waals surface area contributed by atoms with Gasteiger partial charge in [0.2, 0.25) is 0 Å². The Labute approximate surface area is 127 Å². The molecule has 0 unspecified atom stereocenters. The molecule has 4 heteroatoms. The largest absolute Gasteiger partial charge is 0.254 e. The molecule has 0 bridgehead atoms. The van der Waals surface area contributed by atoms with Gasteiger partial charge in [-0.1, -0.05) is 0 Å². The maximum atomic E-state index is 4.96. The van der Waals surface area contributed by atoms with Crippen molar-refractivity contribution in [3.05, 3.63) is 48.0 Å². The van der Waals surface area contributed by atoms with Gasteiger partial charge in [0.25, 0.3) is 0 Å². The minimum Gasteiger partial charge on any atom is -0.254 e. The summed E-state index contributed by atoms with van der Waals surface area (Å²) in [5.41, 5.74) is 6.07. The van der Waals surface area contributed by atoms with Crippen LogP contribution in [0.2, 0.25) is 0 Å². The van der Waals surface area contributed by atoms with Crippen LogP contribution < -0.4 is 0 Å². The molecule has 1 aliphatic rings. The van der Waals surface area contributed by atoms with E-state index in [1.165, 1.54) is 12.8 Å². The fraction of sp³-hybridized carbons (Fsp3) is 0.222. The zero-order valence-electron chi connectivity index (χ0n) is 12.1. The van der Waals surface area contributed by atoms with E-state index in [1.54, 1.807) is 0 Å². The Morgan fingerprint density at radius 1 is 0.636 bits per heavy atom. The molecule has 0 radical (unpaired) electrons. The van der Waals surface area contributed by atoms with Crippen LogP contribution in [0.25, 0.3) is 32.8 Å². The molecule has 0 atom stereocenters. The smallest absolute Gasteiger partial charge is 0.0992 e. The molecule has 3 aromatic heterocycles. The molecule has 22 heavy (non-hydrogen) atoms. The molecule has 0 N–H and O–H groups in total. The minimum atomic E-state index is 0.913. The number of benzene rings is 1. The first-order valence-corrected chi connectivity index (χ1v) is 7.73. The summed E-state index contributed by atoms with van der Waals surface area (Å²) in [7, 11) is 0. The van der Waals surface area contributed by atoms with Gasteiger partial charge in [0.05, 0.1) is 33.5 Å². The van der Waals surface area contributed by atoms with Crippen LogP contribution in [0.4, 0.5) is 0 Å². The number of nitrogens with zero attached hydrogens (tertiary/aromatic N) is 4. The first-order valence-electron chi connectivity index (χ1n) is 7.73. The first-order chi connectivity index (χ1) is 10.9. The molecule has 0 aliphatic heterocycles. The summed E-state index contributed by atoms with van der Waals surface area (Å²) < 4.78 is 0. The highest BCUT2D eigenvalue weighted by molar-refractivity contribution is 6.20. The number of hydrogen-bond acceptors (Lipinski definition) is 4. The summed E-state index contributed by atoms with van der Waals surface area (Å²) in [6.45, 7) is 0. The van der Waals surface area contributed by atoms with Gasteiger partial charge in [-0.25, -0.2) is 9.97 Å². The minimum absolute atomic E-state index is 0.913. The van der Waals surface area contributed by atoms with Gasteiger partial charge >= 0.3 is 0 Å². The lowest BCUT2D eigenvalue weighted by Crippen LogP contribution is -2.08. The molecule has 5 rings (SSSR count). The maximum Gasteiger partial charge on any atom is 0.0992 e. The van der Waals surface area contributed by atoms with Gasteiger partial charge in [0, 0.05) is 23.2 Å². The van der Waals surface area contributed by atoms with Crippen molar-refractivity contribution in [3.8, 4) is 0 Å². The summed E-state index contributed by atoms with van der Waals surface area (Å²) >= 11 is 0. The Bertz CT molecular complexity index is 955. The van der Waals surface area contributed by atoms with Gasteiger partial charge in [-0.15, -0.1) is 0 Å². The lowest BCUT2D eigenvalue weighted by atomic mass is 9.99. The molecule has 0 saturated heterocycles. The second-order valence-corrected chi connectivity index (χ2v) is 5.82. The second kappa shape index (κ2) is 4.44. The van der Waals surface area contributed by atoms with Crippen LogP contribution in [0.1, 0.15) is 24.2 Å². The van der Waals surface area contributed by atoms with E-state index >= 15 is 0 Å². The van der Waals surface area contributed by atoms with Gasteiger partial charge < -0.3 is 0 Å². The third-order valence-electron chi connectivity index (χ3n) is 4.48. The average Bonchev–Trinajstić information content (AvgIpc) is 2.61. The predicted octanol–water partition coefficient (Wildman–Crippen LogP) is 3.61. The van der Waals surface area contributed by atoms with Crippen LogP contribution in [-0.4, -0.2) is 19.9 Å². The molecule has 4 aromatic rings. The Balaban J connectivity index is 2.06. The van der Waals surface area contributed by atoms with Crippen LogP contribution in [0.5, 0.6) is 0 Å². The molecule has 106 valence electrons. The van der Waals surface area contributed by atoms with E-state index in [1.807, 2.05) is 24.5 Å². The van der Waals surface area contributed by atoms with Crippen molar-refractivity contribution in [2.24, 2.45) is 0 Å². The van der Waals surface area contributed by atoms with E-state index in [0.717, 1.165) is 57.1 Å². The fourth-order valence-electron chi connectivity index (χ4n) is 3.44. The molecule has 1 aromatic carbocycles. The summed E-state index contributed by atoms with van der Waals surface area (Å²) in [6, 6.07) is 8.06. The summed E-state index contributed by atoms with van der Waals surface area (Å²) in [5, 5.41) is 2.09. The lowest BCUT2D eigenvalue weighted by molar-refractivity contribution is 0.655. The molecule has 1 aliphatic carbocycles. The van der Waals surface area contributed by atoms with Crippen molar-refractivity contribution in [1.82, 2.24) is 19.9 Å². The van der Waals surface area contributed by atoms with Crippen LogP contribution in [0, 0.1) is 0 Å². The number of hydrogen-bond donors (Lipinski definition) is 0. The topological polar surface area (TPSA) is 51.6 Å². The van der Waals surface area contributed by atoms with E-state index in [2.05, 4.69) is 22.1 Å². The van der Waals surface area contributed by atoms with E-state index < -0.39 is 0 Å². The standard InChI is InChI=1S/C18H14N4/c1-2-8-14-13(7-1)21-17-11-5-3-9-19-15(11)16-12(18(17)22-14)6-4-10-20-16/h3-6,9-10H,1-2,7-8H2. The Kier molecular flexibility index (Phi) is 2.41. The van der Waals surface area contributed by atoms with Crippen molar-refractivity contribution in [3.63, 3.8) is 0 Å². The van der Waals surface area contributed by atoms with Gasteiger partial charge in [0.1, 0.15) is 0 Å². The molecule has 0 saturated carbocycles. The third kappa shape index (κ3) is 1.58. The normalized spacial score (nSPS) is 14.5. The Morgan fingerprint density at radius 3 is 1.64 bits per heavy atom. The lowest BCUT2D eigenvalue weighted by Gasteiger charge is -2.16. The molecule has 3 heterocycles. The zero-order chi connectivity index (χ0) is 14.5. The molecular weight excluding hydrogens is 272 g/mol. The second-order valence-electron chi connectivity index (χ2n) is 5.82. The number of aryl methyl sites for hydroxylation is 2. The summed E-state index contributed by atoms with van der Waals surface area (Å²) in [6.07, 6.45) is 8.11. The van der Waals surface area contributed by atoms with Crippen LogP contribution in [-0.2, 0) is 12.8 Å². The third-order valence-corrected chi connectivity index (χ3v) is 4.48. The zero-order valence-corrected chi connectivity index (χ0v) is 12.1. The number of fused-ring (bicyclic) bond motifs is 7. The molecule has 0 amide bonds. The first kappa shape index (κ1) is 12.0. The SMILES string of the molecule is c1cnc2c(c1)c1nc3c(nc1c1cccnc12)CCCC3. The van der Waals surface area contributed by atoms with Gasteiger partial charge in [-0.3, -0.25) is 9.97 Å². The van der Waals surface area contributed by atoms with Crippen molar-refractivity contribution in [1.29, 1.82) is 0 Å².